The van der Waals surface area contributed by atoms with E-state index in [-0.39, 0.29) is 17.3 Å². The molecule has 2 aromatic carbocycles. The number of aryl methyl sites for hydroxylation is 1. The summed E-state index contributed by atoms with van der Waals surface area (Å²) in [6.07, 6.45) is 0. The maximum atomic E-state index is 12.5. The van der Waals surface area contributed by atoms with Crippen molar-refractivity contribution in [2.45, 2.75) is 13.5 Å². The normalized spacial score (nSPS) is 10.2. The lowest BCUT2D eigenvalue weighted by Gasteiger charge is -2.09. The van der Waals surface area contributed by atoms with E-state index in [1.807, 2.05) is 36.4 Å². The molecular formula is C21H18ClN5O3. The fourth-order valence-corrected chi connectivity index (χ4v) is 2.99. The lowest BCUT2D eigenvalue weighted by Crippen LogP contribution is -2.44. The number of halogens is 1. The number of nitriles is 1. The molecule has 0 aliphatic heterocycles. The van der Waals surface area contributed by atoms with Crippen molar-refractivity contribution in [3.63, 3.8) is 0 Å². The number of hydrazine groups is 1. The van der Waals surface area contributed by atoms with E-state index in [0.717, 1.165) is 5.56 Å². The van der Waals surface area contributed by atoms with E-state index in [0.29, 0.717) is 23.6 Å². The zero-order valence-corrected chi connectivity index (χ0v) is 16.8. The molecular weight excluding hydrogens is 406 g/mol. The van der Waals surface area contributed by atoms with Gasteiger partial charge < -0.3 is 4.74 Å². The molecule has 3 rings (SSSR count). The molecule has 1 heterocycles. The van der Waals surface area contributed by atoms with Crippen LogP contribution in [0.25, 0.3) is 0 Å². The number of aromatic nitrogens is 2. The topological polar surface area (TPSA) is 109 Å². The van der Waals surface area contributed by atoms with Gasteiger partial charge >= 0.3 is 0 Å². The third kappa shape index (κ3) is 5.16. The number of hydrogen-bond acceptors (Lipinski definition) is 5. The van der Waals surface area contributed by atoms with Crippen molar-refractivity contribution >= 4 is 23.4 Å². The van der Waals surface area contributed by atoms with Gasteiger partial charge in [-0.3, -0.25) is 20.4 Å². The van der Waals surface area contributed by atoms with Crippen LogP contribution in [0.2, 0.25) is 5.15 Å². The van der Waals surface area contributed by atoms with Crippen molar-refractivity contribution < 1.29 is 14.3 Å². The molecule has 2 amide bonds. The molecule has 0 aliphatic rings. The molecule has 0 saturated heterocycles. The fourth-order valence-electron chi connectivity index (χ4n) is 2.67. The zero-order valence-electron chi connectivity index (χ0n) is 16.1. The molecule has 0 atom stereocenters. The lowest BCUT2D eigenvalue weighted by molar-refractivity contribution is -0.123. The molecule has 0 spiro atoms. The Bertz CT molecular complexity index is 1090. The standard InChI is InChI=1S/C21H18ClN5O3/c1-14-19(20(22)27(26-14)12-16-5-3-2-4-6-16)21(29)25-24-18(28)13-30-17-9-7-15(11-23)8-10-17/h2-10H,12-13H2,1H3,(H,24,28)(H,25,29). The van der Waals surface area contributed by atoms with Crippen LogP contribution in [0.5, 0.6) is 5.75 Å². The first-order valence-electron chi connectivity index (χ1n) is 8.97. The largest absolute Gasteiger partial charge is 0.484 e. The van der Waals surface area contributed by atoms with E-state index in [4.69, 9.17) is 21.6 Å². The molecule has 0 unspecified atom stereocenters. The van der Waals surface area contributed by atoms with Gasteiger partial charge in [0.25, 0.3) is 11.8 Å². The predicted molar refractivity (Wildman–Crippen MR) is 110 cm³/mol. The lowest BCUT2D eigenvalue weighted by atomic mass is 10.2. The maximum Gasteiger partial charge on any atom is 0.276 e. The number of ether oxygens (including phenoxy) is 1. The summed E-state index contributed by atoms with van der Waals surface area (Å²) in [5, 5.41) is 13.3. The second-order valence-corrected chi connectivity index (χ2v) is 6.68. The van der Waals surface area contributed by atoms with Crippen LogP contribution in [0.1, 0.15) is 27.2 Å². The average Bonchev–Trinajstić information content (AvgIpc) is 3.04. The fraction of sp³-hybridized carbons (Fsp3) is 0.143. The number of carbonyl (C=O) groups excluding carboxylic acids is 2. The smallest absolute Gasteiger partial charge is 0.276 e. The molecule has 30 heavy (non-hydrogen) atoms. The van der Waals surface area contributed by atoms with Crippen LogP contribution < -0.4 is 15.6 Å². The summed E-state index contributed by atoms with van der Waals surface area (Å²) < 4.78 is 6.83. The van der Waals surface area contributed by atoms with Gasteiger partial charge in [0, 0.05) is 0 Å². The summed E-state index contributed by atoms with van der Waals surface area (Å²) >= 11 is 6.33. The molecule has 152 valence electrons. The average molecular weight is 424 g/mol. The van der Waals surface area contributed by atoms with Crippen LogP contribution in [0.15, 0.2) is 54.6 Å². The highest BCUT2D eigenvalue weighted by atomic mass is 35.5. The highest BCUT2D eigenvalue weighted by molar-refractivity contribution is 6.33. The Balaban J connectivity index is 1.55. The van der Waals surface area contributed by atoms with Crippen LogP contribution in [-0.4, -0.2) is 28.2 Å². The summed E-state index contributed by atoms with van der Waals surface area (Å²) in [5.74, 6) is -0.710. The summed E-state index contributed by atoms with van der Waals surface area (Å²) in [7, 11) is 0. The number of nitrogens with zero attached hydrogens (tertiary/aromatic N) is 3. The summed E-state index contributed by atoms with van der Waals surface area (Å²) in [4.78, 5) is 24.4. The van der Waals surface area contributed by atoms with E-state index >= 15 is 0 Å². The summed E-state index contributed by atoms with van der Waals surface area (Å²) in [6.45, 7) is 1.77. The second kappa shape index (κ2) is 9.58. The second-order valence-electron chi connectivity index (χ2n) is 6.32. The Morgan fingerprint density at radius 2 is 1.83 bits per heavy atom. The molecule has 9 heteroatoms. The molecule has 0 saturated carbocycles. The van der Waals surface area contributed by atoms with Gasteiger partial charge in [-0.25, -0.2) is 4.68 Å². The van der Waals surface area contributed by atoms with Crippen LogP contribution in [-0.2, 0) is 11.3 Å². The SMILES string of the molecule is Cc1nn(Cc2ccccc2)c(Cl)c1C(=O)NNC(=O)COc1ccc(C#N)cc1. The number of hydrogen-bond donors (Lipinski definition) is 2. The first kappa shape index (κ1) is 20.9. The van der Waals surface area contributed by atoms with Crippen molar-refractivity contribution in [3.05, 3.63) is 82.1 Å². The molecule has 2 N–H and O–H groups in total. The first-order chi connectivity index (χ1) is 14.5. The van der Waals surface area contributed by atoms with Gasteiger partial charge in [-0.15, -0.1) is 0 Å². The number of amides is 2. The minimum Gasteiger partial charge on any atom is -0.484 e. The minimum absolute atomic E-state index is 0.178. The van der Waals surface area contributed by atoms with Gasteiger partial charge in [0.05, 0.1) is 23.9 Å². The number of carbonyl (C=O) groups is 2. The molecule has 8 nitrogen and oxygen atoms in total. The van der Waals surface area contributed by atoms with Crippen molar-refractivity contribution in [2.75, 3.05) is 6.61 Å². The number of rotatable bonds is 6. The Kier molecular flexibility index (Phi) is 6.67. The van der Waals surface area contributed by atoms with Crippen molar-refractivity contribution in [1.82, 2.24) is 20.6 Å². The van der Waals surface area contributed by atoms with E-state index in [9.17, 15) is 9.59 Å². The Labute approximate surface area is 178 Å². The Morgan fingerprint density at radius 3 is 2.50 bits per heavy atom. The number of benzene rings is 2. The van der Waals surface area contributed by atoms with Crippen LogP contribution in [0, 0.1) is 18.3 Å². The van der Waals surface area contributed by atoms with Gasteiger partial charge in [0.1, 0.15) is 16.5 Å². The van der Waals surface area contributed by atoms with Crippen molar-refractivity contribution in [3.8, 4) is 11.8 Å². The summed E-state index contributed by atoms with van der Waals surface area (Å²) in [6, 6.07) is 17.9. The van der Waals surface area contributed by atoms with Crippen molar-refractivity contribution in [2.24, 2.45) is 0 Å². The summed E-state index contributed by atoms with van der Waals surface area (Å²) in [5.41, 5.74) is 6.68. The molecule has 0 bridgehead atoms. The Hall–Kier alpha value is -3.83. The molecule has 1 aromatic heterocycles. The molecule has 0 aliphatic carbocycles. The minimum atomic E-state index is -0.580. The van der Waals surface area contributed by atoms with Gasteiger partial charge in [0.15, 0.2) is 6.61 Å². The molecule has 3 aromatic rings. The highest BCUT2D eigenvalue weighted by Crippen LogP contribution is 2.20. The van der Waals surface area contributed by atoms with E-state index in [2.05, 4.69) is 16.0 Å². The first-order valence-corrected chi connectivity index (χ1v) is 9.34. The van der Waals surface area contributed by atoms with Gasteiger partial charge in [-0.05, 0) is 36.8 Å². The van der Waals surface area contributed by atoms with Crippen LogP contribution in [0.4, 0.5) is 0 Å². The van der Waals surface area contributed by atoms with E-state index in [1.165, 1.54) is 4.68 Å². The number of nitrogens with one attached hydrogen (secondary N) is 2. The van der Waals surface area contributed by atoms with Gasteiger partial charge in [-0.2, -0.15) is 10.4 Å². The quantitative estimate of drug-likeness (QED) is 0.592. The van der Waals surface area contributed by atoms with E-state index in [1.54, 1.807) is 31.2 Å². The highest BCUT2D eigenvalue weighted by Gasteiger charge is 2.21. The monoisotopic (exact) mass is 423 g/mol. The van der Waals surface area contributed by atoms with Gasteiger partial charge in [-0.1, -0.05) is 41.9 Å². The van der Waals surface area contributed by atoms with Crippen LogP contribution in [0.3, 0.4) is 0 Å². The maximum absolute atomic E-state index is 12.5. The Morgan fingerprint density at radius 1 is 1.13 bits per heavy atom. The third-order valence-electron chi connectivity index (χ3n) is 4.14. The van der Waals surface area contributed by atoms with Crippen LogP contribution >= 0.6 is 11.6 Å². The van der Waals surface area contributed by atoms with E-state index < -0.39 is 11.8 Å². The third-order valence-corrected chi connectivity index (χ3v) is 4.52. The van der Waals surface area contributed by atoms with Gasteiger partial charge in [0.2, 0.25) is 0 Å². The predicted octanol–water partition coefficient (Wildman–Crippen LogP) is 2.60. The molecule has 0 radical (unpaired) electrons. The molecule has 0 fully saturated rings. The zero-order chi connectivity index (χ0) is 21.5. The van der Waals surface area contributed by atoms with Crippen molar-refractivity contribution in [1.29, 1.82) is 5.26 Å².